The molecule has 0 aliphatic carbocycles. The molecule has 2 nitrogen and oxygen atoms in total. The molecule has 2 rings (SSSR count). The highest BCUT2D eigenvalue weighted by Gasteiger charge is 2.23. The predicted octanol–water partition coefficient (Wildman–Crippen LogP) is 4.54. The number of carboxylic acids is 1. The molecular weight excluding hydrogens is 302 g/mol. The van der Waals surface area contributed by atoms with Crippen LogP contribution in [0.3, 0.4) is 0 Å². The Hall–Kier alpha value is -1.58. The van der Waals surface area contributed by atoms with Gasteiger partial charge in [0.1, 0.15) is 5.82 Å². The van der Waals surface area contributed by atoms with Crippen LogP contribution in [0.4, 0.5) is 4.39 Å². The van der Waals surface area contributed by atoms with E-state index in [0.29, 0.717) is 10.6 Å². The van der Waals surface area contributed by atoms with E-state index in [4.69, 9.17) is 23.2 Å². The molecule has 0 saturated carbocycles. The van der Waals surface area contributed by atoms with Gasteiger partial charge in [0.15, 0.2) is 0 Å². The molecule has 1 unspecified atom stereocenters. The van der Waals surface area contributed by atoms with Crippen LogP contribution in [0.25, 0.3) is 0 Å². The molecule has 0 amide bonds. The van der Waals surface area contributed by atoms with Crippen LogP contribution >= 0.6 is 23.2 Å². The van der Waals surface area contributed by atoms with E-state index in [1.54, 1.807) is 24.3 Å². The normalized spacial score (nSPS) is 12.2. The molecule has 5 heteroatoms. The number of hydrogen-bond donors (Lipinski definition) is 1. The maximum absolute atomic E-state index is 13.8. The Kier molecular flexibility index (Phi) is 4.63. The summed E-state index contributed by atoms with van der Waals surface area (Å²) < 4.78 is 13.8. The lowest BCUT2D eigenvalue weighted by Gasteiger charge is -2.14. The van der Waals surface area contributed by atoms with Crippen molar-refractivity contribution in [3.63, 3.8) is 0 Å². The highest BCUT2D eigenvalue weighted by Crippen LogP contribution is 2.28. The number of benzene rings is 2. The molecule has 0 bridgehead atoms. The molecule has 0 radical (unpaired) electrons. The van der Waals surface area contributed by atoms with Gasteiger partial charge in [0.25, 0.3) is 0 Å². The van der Waals surface area contributed by atoms with Gasteiger partial charge >= 0.3 is 5.97 Å². The highest BCUT2D eigenvalue weighted by atomic mass is 35.5. The summed E-state index contributed by atoms with van der Waals surface area (Å²) in [4.78, 5) is 11.4. The Bertz CT molecular complexity index is 623. The molecule has 1 N–H and O–H groups in total. The van der Waals surface area contributed by atoms with Crippen molar-refractivity contribution >= 4 is 29.2 Å². The van der Waals surface area contributed by atoms with E-state index in [-0.39, 0.29) is 17.0 Å². The maximum atomic E-state index is 13.8. The molecular formula is C15H11Cl2FO2. The van der Waals surface area contributed by atoms with Crippen LogP contribution in [0, 0.1) is 5.82 Å². The molecule has 1 atom stereocenters. The SMILES string of the molecule is O=C(O)C(Cc1c(F)cccc1Cl)c1cccc(Cl)c1. The first kappa shape index (κ1) is 14.8. The van der Waals surface area contributed by atoms with Gasteiger partial charge in [0, 0.05) is 15.6 Å². The van der Waals surface area contributed by atoms with Crippen molar-refractivity contribution in [1.29, 1.82) is 0 Å². The van der Waals surface area contributed by atoms with Crippen molar-refractivity contribution in [3.8, 4) is 0 Å². The van der Waals surface area contributed by atoms with Crippen molar-refractivity contribution in [2.75, 3.05) is 0 Å². The quantitative estimate of drug-likeness (QED) is 0.899. The van der Waals surface area contributed by atoms with Crippen molar-refractivity contribution in [1.82, 2.24) is 0 Å². The lowest BCUT2D eigenvalue weighted by Crippen LogP contribution is -2.15. The minimum absolute atomic E-state index is 0.0266. The molecule has 104 valence electrons. The average Bonchev–Trinajstić information content (AvgIpc) is 2.38. The Morgan fingerprint density at radius 1 is 1.20 bits per heavy atom. The van der Waals surface area contributed by atoms with Crippen molar-refractivity contribution in [2.24, 2.45) is 0 Å². The minimum atomic E-state index is -1.05. The summed E-state index contributed by atoms with van der Waals surface area (Å²) in [6.45, 7) is 0. The number of carbonyl (C=O) groups is 1. The molecule has 0 spiro atoms. The molecule has 0 aliphatic rings. The first-order valence-corrected chi connectivity index (χ1v) is 6.66. The molecule has 20 heavy (non-hydrogen) atoms. The Balaban J connectivity index is 2.38. The Morgan fingerprint density at radius 3 is 2.50 bits per heavy atom. The van der Waals surface area contributed by atoms with Crippen LogP contribution in [0.2, 0.25) is 10.0 Å². The summed E-state index contributed by atoms with van der Waals surface area (Å²) in [6, 6.07) is 10.8. The van der Waals surface area contributed by atoms with E-state index in [1.807, 2.05) is 0 Å². The van der Waals surface area contributed by atoms with Gasteiger partial charge < -0.3 is 5.11 Å². The summed E-state index contributed by atoms with van der Waals surface area (Å²) in [5.41, 5.74) is 0.714. The average molecular weight is 313 g/mol. The zero-order valence-corrected chi connectivity index (χ0v) is 11.8. The monoisotopic (exact) mass is 312 g/mol. The fraction of sp³-hybridized carbons (Fsp3) is 0.133. The topological polar surface area (TPSA) is 37.3 Å². The van der Waals surface area contributed by atoms with Gasteiger partial charge in [-0.3, -0.25) is 4.79 Å². The summed E-state index contributed by atoms with van der Waals surface area (Å²) in [5.74, 6) is -2.46. The van der Waals surface area contributed by atoms with Crippen LogP contribution in [0.5, 0.6) is 0 Å². The fourth-order valence-corrected chi connectivity index (χ4v) is 2.44. The second-order valence-electron chi connectivity index (χ2n) is 4.35. The summed E-state index contributed by atoms with van der Waals surface area (Å²) in [6.07, 6.45) is -0.0266. The Morgan fingerprint density at radius 2 is 1.90 bits per heavy atom. The molecule has 0 aliphatic heterocycles. The molecule has 0 fully saturated rings. The van der Waals surface area contributed by atoms with Crippen LogP contribution in [0.1, 0.15) is 17.0 Å². The van der Waals surface area contributed by atoms with E-state index in [0.717, 1.165) is 0 Å². The van der Waals surface area contributed by atoms with Gasteiger partial charge in [-0.25, -0.2) is 4.39 Å². The summed E-state index contributed by atoms with van der Waals surface area (Å²) in [5, 5.41) is 10.0. The number of rotatable bonds is 4. The van der Waals surface area contributed by atoms with Crippen molar-refractivity contribution in [3.05, 3.63) is 69.5 Å². The van der Waals surface area contributed by atoms with Gasteiger partial charge in [-0.1, -0.05) is 41.4 Å². The van der Waals surface area contributed by atoms with E-state index in [9.17, 15) is 14.3 Å². The molecule has 0 aromatic heterocycles. The van der Waals surface area contributed by atoms with Crippen LogP contribution in [-0.4, -0.2) is 11.1 Å². The number of halogens is 3. The molecule has 0 heterocycles. The molecule has 2 aromatic rings. The van der Waals surface area contributed by atoms with Gasteiger partial charge in [0.05, 0.1) is 5.92 Å². The lowest BCUT2D eigenvalue weighted by molar-refractivity contribution is -0.138. The zero-order valence-electron chi connectivity index (χ0n) is 10.3. The second-order valence-corrected chi connectivity index (χ2v) is 5.19. The summed E-state index contributed by atoms with van der Waals surface area (Å²) >= 11 is 11.8. The number of hydrogen-bond acceptors (Lipinski definition) is 1. The zero-order chi connectivity index (χ0) is 14.7. The van der Waals surface area contributed by atoms with Crippen LogP contribution in [0.15, 0.2) is 42.5 Å². The van der Waals surface area contributed by atoms with E-state index in [2.05, 4.69) is 0 Å². The van der Waals surface area contributed by atoms with E-state index < -0.39 is 17.7 Å². The minimum Gasteiger partial charge on any atom is -0.481 e. The first-order valence-electron chi connectivity index (χ1n) is 5.90. The van der Waals surface area contributed by atoms with Crippen molar-refractivity contribution < 1.29 is 14.3 Å². The number of aliphatic carboxylic acids is 1. The summed E-state index contributed by atoms with van der Waals surface area (Å²) in [7, 11) is 0. The third-order valence-corrected chi connectivity index (χ3v) is 3.61. The van der Waals surface area contributed by atoms with Gasteiger partial charge in [0.2, 0.25) is 0 Å². The molecule has 0 saturated heterocycles. The van der Waals surface area contributed by atoms with Gasteiger partial charge in [-0.05, 0) is 36.2 Å². The van der Waals surface area contributed by atoms with Crippen LogP contribution in [-0.2, 0) is 11.2 Å². The lowest BCUT2D eigenvalue weighted by atomic mass is 9.92. The third-order valence-electron chi connectivity index (χ3n) is 3.02. The maximum Gasteiger partial charge on any atom is 0.311 e. The largest absolute Gasteiger partial charge is 0.481 e. The standard InChI is InChI=1S/C15H11Cl2FO2/c16-10-4-1-3-9(7-10)11(15(19)20)8-12-13(17)5-2-6-14(12)18/h1-7,11H,8H2,(H,19,20). The van der Waals surface area contributed by atoms with E-state index >= 15 is 0 Å². The number of carboxylic acid groups (broad SMARTS) is 1. The van der Waals surface area contributed by atoms with Gasteiger partial charge in [-0.2, -0.15) is 0 Å². The predicted molar refractivity (Wildman–Crippen MR) is 76.9 cm³/mol. The van der Waals surface area contributed by atoms with Crippen molar-refractivity contribution in [2.45, 2.75) is 12.3 Å². The highest BCUT2D eigenvalue weighted by molar-refractivity contribution is 6.31. The second kappa shape index (κ2) is 6.25. The third kappa shape index (κ3) is 3.30. The fourth-order valence-electron chi connectivity index (χ4n) is 2.00. The Labute approximate surface area is 125 Å². The van der Waals surface area contributed by atoms with Gasteiger partial charge in [-0.15, -0.1) is 0 Å². The smallest absolute Gasteiger partial charge is 0.311 e. The van der Waals surface area contributed by atoms with Crippen LogP contribution < -0.4 is 0 Å². The van der Waals surface area contributed by atoms with E-state index in [1.165, 1.54) is 18.2 Å². The molecule has 2 aromatic carbocycles. The first-order chi connectivity index (χ1) is 9.49.